The van der Waals surface area contributed by atoms with Crippen LogP contribution in [0.2, 0.25) is 0 Å². The number of fused-ring (bicyclic) bond motifs is 3. The highest BCUT2D eigenvalue weighted by molar-refractivity contribution is 5.67. The second-order valence-electron chi connectivity index (χ2n) is 6.72. The zero-order chi connectivity index (χ0) is 13.5. The molecule has 0 amide bonds. The third-order valence-corrected chi connectivity index (χ3v) is 5.56. The van der Waals surface area contributed by atoms with E-state index in [1.807, 2.05) is 0 Å². The molecule has 0 unspecified atom stereocenters. The van der Waals surface area contributed by atoms with Gasteiger partial charge < -0.3 is 5.11 Å². The maximum Gasteiger partial charge on any atom is 0.303 e. The molecule has 0 aromatic heterocycles. The van der Waals surface area contributed by atoms with E-state index in [9.17, 15) is 4.79 Å². The topological polar surface area (TPSA) is 37.3 Å². The molecule has 4 rings (SSSR count). The van der Waals surface area contributed by atoms with Gasteiger partial charge in [0, 0.05) is 0 Å². The zero-order valence-corrected chi connectivity index (χ0v) is 11.6. The lowest BCUT2D eigenvalue weighted by molar-refractivity contribution is -0.142. The van der Waals surface area contributed by atoms with Gasteiger partial charge in [-0.1, -0.05) is 29.8 Å². The second kappa shape index (κ2) is 4.36. The minimum absolute atomic E-state index is 0.109. The summed E-state index contributed by atoms with van der Waals surface area (Å²) >= 11 is 0. The molecule has 3 aliphatic carbocycles. The monoisotopic (exact) mass is 258 g/mol. The molecule has 102 valence electrons. The van der Waals surface area contributed by atoms with Crippen LogP contribution in [0.5, 0.6) is 0 Å². The number of rotatable bonds is 3. The van der Waals surface area contributed by atoms with Crippen LogP contribution in [0.25, 0.3) is 0 Å². The average Bonchev–Trinajstić information content (AvgIpc) is 2.39. The molecule has 2 nitrogen and oxygen atoms in total. The van der Waals surface area contributed by atoms with Gasteiger partial charge in [0.2, 0.25) is 0 Å². The molecule has 0 spiro atoms. The van der Waals surface area contributed by atoms with Crippen LogP contribution in [0.3, 0.4) is 0 Å². The van der Waals surface area contributed by atoms with Crippen molar-refractivity contribution in [3.8, 4) is 0 Å². The Hall–Kier alpha value is -1.31. The first-order valence-electron chi connectivity index (χ1n) is 7.33. The fourth-order valence-corrected chi connectivity index (χ4v) is 4.26. The average molecular weight is 258 g/mol. The predicted octanol–water partition coefficient (Wildman–Crippen LogP) is 4.06. The van der Waals surface area contributed by atoms with Crippen LogP contribution in [0.15, 0.2) is 24.3 Å². The van der Waals surface area contributed by atoms with Crippen LogP contribution in [-0.2, 0) is 10.2 Å². The maximum atomic E-state index is 11.0. The van der Waals surface area contributed by atoms with Crippen molar-refractivity contribution < 1.29 is 9.90 Å². The maximum absolute atomic E-state index is 11.0. The van der Waals surface area contributed by atoms with Crippen molar-refractivity contribution in [1.82, 2.24) is 0 Å². The van der Waals surface area contributed by atoms with Crippen LogP contribution in [0, 0.1) is 12.3 Å². The van der Waals surface area contributed by atoms with E-state index < -0.39 is 5.97 Å². The van der Waals surface area contributed by atoms with E-state index >= 15 is 0 Å². The SMILES string of the molecule is Cc1cccc(C23CCC(CC(=O)O)(CC2)CC3)c1. The number of carboxylic acids is 1. The predicted molar refractivity (Wildman–Crippen MR) is 75.2 cm³/mol. The van der Waals surface area contributed by atoms with E-state index in [1.165, 1.54) is 30.4 Å². The summed E-state index contributed by atoms with van der Waals surface area (Å²) < 4.78 is 0. The van der Waals surface area contributed by atoms with E-state index in [-0.39, 0.29) is 5.41 Å². The Kier molecular flexibility index (Phi) is 2.92. The normalized spacial score (nSPS) is 33.3. The standard InChI is InChI=1S/C17H22O2/c1-13-3-2-4-14(11-13)17-8-5-16(6-9-17,7-10-17)12-15(18)19/h2-4,11H,5-10,12H2,1H3,(H,18,19). The lowest BCUT2D eigenvalue weighted by Crippen LogP contribution is -2.45. The lowest BCUT2D eigenvalue weighted by atomic mass is 9.51. The molecule has 1 aromatic rings. The van der Waals surface area contributed by atoms with E-state index in [0.717, 1.165) is 19.3 Å². The molecule has 0 atom stereocenters. The van der Waals surface area contributed by atoms with E-state index in [0.29, 0.717) is 11.8 Å². The van der Waals surface area contributed by atoms with Crippen LogP contribution >= 0.6 is 0 Å². The Morgan fingerprint density at radius 2 is 1.79 bits per heavy atom. The van der Waals surface area contributed by atoms with Crippen molar-refractivity contribution in [2.75, 3.05) is 0 Å². The molecule has 1 aromatic carbocycles. The van der Waals surface area contributed by atoms with Crippen molar-refractivity contribution >= 4 is 5.97 Å². The first-order valence-corrected chi connectivity index (χ1v) is 7.33. The molecule has 0 aliphatic heterocycles. The van der Waals surface area contributed by atoms with Gasteiger partial charge in [0.05, 0.1) is 6.42 Å². The van der Waals surface area contributed by atoms with Crippen molar-refractivity contribution in [1.29, 1.82) is 0 Å². The van der Waals surface area contributed by atoms with E-state index in [2.05, 4.69) is 31.2 Å². The first kappa shape index (κ1) is 12.7. The molecular formula is C17H22O2. The number of carboxylic acid groups (broad SMARTS) is 1. The van der Waals surface area contributed by atoms with E-state index in [4.69, 9.17) is 5.11 Å². The second-order valence-corrected chi connectivity index (χ2v) is 6.72. The summed E-state index contributed by atoms with van der Waals surface area (Å²) in [6.07, 6.45) is 7.15. The number of aryl methyl sites for hydroxylation is 1. The summed E-state index contributed by atoms with van der Waals surface area (Å²) in [6.45, 7) is 2.15. The van der Waals surface area contributed by atoms with Gasteiger partial charge in [0.15, 0.2) is 0 Å². The number of hydrogen-bond donors (Lipinski definition) is 1. The van der Waals surface area contributed by atoms with Gasteiger partial charge in [-0.15, -0.1) is 0 Å². The van der Waals surface area contributed by atoms with Gasteiger partial charge in [-0.2, -0.15) is 0 Å². The molecule has 0 heterocycles. The lowest BCUT2D eigenvalue weighted by Gasteiger charge is -2.53. The Morgan fingerprint density at radius 1 is 1.16 bits per heavy atom. The quantitative estimate of drug-likeness (QED) is 0.887. The molecule has 0 radical (unpaired) electrons. The minimum atomic E-state index is -0.620. The van der Waals surface area contributed by atoms with Crippen LogP contribution in [0.1, 0.15) is 56.1 Å². The summed E-state index contributed by atoms with van der Waals surface area (Å²) in [5.74, 6) is -0.620. The first-order chi connectivity index (χ1) is 9.04. The fourth-order valence-electron chi connectivity index (χ4n) is 4.26. The number of carbonyl (C=O) groups is 1. The van der Waals surface area contributed by atoms with Gasteiger partial charge in [-0.3, -0.25) is 4.79 Å². The fraction of sp³-hybridized carbons (Fsp3) is 0.588. The third kappa shape index (κ3) is 2.18. The van der Waals surface area contributed by atoms with Crippen molar-refractivity contribution in [2.24, 2.45) is 5.41 Å². The third-order valence-electron chi connectivity index (χ3n) is 5.56. The van der Waals surface area contributed by atoms with Gasteiger partial charge in [-0.25, -0.2) is 0 Å². The minimum Gasteiger partial charge on any atom is -0.481 e. The molecule has 2 heteroatoms. The Balaban J connectivity index is 1.83. The molecule has 3 fully saturated rings. The Bertz CT molecular complexity index is 479. The van der Waals surface area contributed by atoms with Crippen LogP contribution in [0.4, 0.5) is 0 Å². The number of hydrogen-bond acceptors (Lipinski definition) is 1. The van der Waals surface area contributed by atoms with Gasteiger partial charge in [0.25, 0.3) is 0 Å². The molecule has 0 saturated heterocycles. The molecule has 3 aliphatic rings. The summed E-state index contributed by atoms with van der Waals surface area (Å²) in [7, 11) is 0. The largest absolute Gasteiger partial charge is 0.481 e. The number of benzene rings is 1. The van der Waals surface area contributed by atoms with Crippen molar-refractivity contribution in [2.45, 2.75) is 57.3 Å². The van der Waals surface area contributed by atoms with Crippen LogP contribution < -0.4 is 0 Å². The highest BCUT2D eigenvalue weighted by Crippen LogP contribution is 2.59. The highest BCUT2D eigenvalue weighted by atomic mass is 16.4. The zero-order valence-electron chi connectivity index (χ0n) is 11.6. The molecule has 19 heavy (non-hydrogen) atoms. The Labute approximate surface area is 114 Å². The Morgan fingerprint density at radius 3 is 2.32 bits per heavy atom. The van der Waals surface area contributed by atoms with Crippen LogP contribution in [-0.4, -0.2) is 11.1 Å². The molecule has 1 N–H and O–H groups in total. The smallest absolute Gasteiger partial charge is 0.303 e. The van der Waals surface area contributed by atoms with Gasteiger partial charge >= 0.3 is 5.97 Å². The summed E-state index contributed by atoms with van der Waals surface area (Å²) in [6, 6.07) is 8.91. The van der Waals surface area contributed by atoms with Gasteiger partial charge in [-0.05, 0) is 61.8 Å². The van der Waals surface area contributed by atoms with E-state index in [1.54, 1.807) is 0 Å². The van der Waals surface area contributed by atoms with Gasteiger partial charge in [0.1, 0.15) is 0 Å². The number of aliphatic carboxylic acids is 1. The molecule has 2 bridgehead atoms. The summed E-state index contributed by atoms with van der Waals surface area (Å²) in [4.78, 5) is 11.0. The molecule has 3 saturated carbocycles. The van der Waals surface area contributed by atoms with Crippen molar-refractivity contribution in [3.05, 3.63) is 35.4 Å². The molecular weight excluding hydrogens is 236 g/mol. The van der Waals surface area contributed by atoms with Crippen molar-refractivity contribution in [3.63, 3.8) is 0 Å². The summed E-state index contributed by atoms with van der Waals surface area (Å²) in [5, 5.41) is 9.10. The summed E-state index contributed by atoms with van der Waals surface area (Å²) in [5.41, 5.74) is 3.26. The highest BCUT2D eigenvalue weighted by Gasteiger charge is 2.49.